The minimum atomic E-state index is -0.789. The van der Waals surface area contributed by atoms with Gasteiger partial charge in [0.1, 0.15) is 17.3 Å². The molecule has 3 saturated heterocycles. The van der Waals surface area contributed by atoms with Gasteiger partial charge in [0.2, 0.25) is 0 Å². The summed E-state index contributed by atoms with van der Waals surface area (Å²) in [5.74, 6) is 0.835. The maximum atomic E-state index is 12.8. The Morgan fingerprint density at radius 1 is 1.25 bits per heavy atom. The molecule has 0 radical (unpaired) electrons. The summed E-state index contributed by atoms with van der Waals surface area (Å²) in [6.07, 6.45) is 8.54. The molecule has 0 aromatic rings. The molecule has 3 heterocycles. The first-order valence-electron chi connectivity index (χ1n) is 12.3. The summed E-state index contributed by atoms with van der Waals surface area (Å²) in [5, 5.41) is 3.33. The van der Waals surface area contributed by atoms with Crippen molar-refractivity contribution in [3.63, 3.8) is 0 Å². The molecule has 7 atom stereocenters. The van der Waals surface area contributed by atoms with E-state index in [0.29, 0.717) is 29.7 Å². The van der Waals surface area contributed by atoms with Crippen LogP contribution in [0.25, 0.3) is 0 Å². The second kappa shape index (κ2) is 9.07. The lowest BCUT2D eigenvalue weighted by Gasteiger charge is -2.46. The van der Waals surface area contributed by atoms with Crippen molar-refractivity contribution in [2.75, 3.05) is 6.54 Å². The fourth-order valence-electron chi connectivity index (χ4n) is 6.38. The van der Waals surface area contributed by atoms with Crippen molar-refractivity contribution in [1.82, 2.24) is 5.32 Å². The Bertz CT molecular complexity index is 765. The summed E-state index contributed by atoms with van der Waals surface area (Å²) >= 11 is 0. The van der Waals surface area contributed by atoms with Crippen LogP contribution in [0.2, 0.25) is 0 Å². The molecule has 0 bridgehead atoms. The molecule has 0 spiro atoms. The number of nitrogens with two attached hydrogens (primary N) is 1. The van der Waals surface area contributed by atoms with Crippen molar-refractivity contribution in [2.45, 2.75) is 109 Å². The maximum Gasteiger partial charge on any atom is 0.334 e. The van der Waals surface area contributed by atoms with E-state index in [4.69, 9.17) is 19.9 Å². The first-order valence-corrected chi connectivity index (χ1v) is 12.3. The Morgan fingerprint density at radius 3 is 2.75 bits per heavy atom. The minimum Gasteiger partial charge on any atom is -0.462 e. The van der Waals surface area contributed by atoms with Crippen LogP contribution in [0, 0.1) is 17.8 Å². The molecule has 32 heavy (non-hydrogen) atoms. The van der Waals surface area contributed by atoms with Crippen LogP contribution in [-0.4, -0.2) is 48.1 Å². The molecule has 7 nitrogen and oxygen atoms in total. The highest BCUT2D eigenvalue weighted by atomic mass is 16.6. The average molecular weight is 449 g/mol. The second-order valence-corrected chi connectivity index (χ2v) is 10.9. The number of piperidine rings is 1. The molecule has 0 aromatic carbocycles. The van der Waals surface area contributed by atoms with Crippen molar-refractivity contribution in [2.24, 2.45) is 23.5 Å². The Morgan fingerprint density at radius 2 is 2.03 bits per heavy atom. The smallest absolute Gasteiger partial charge is 0.334 e. The monoisotopic (exact) mass is 448 g/mol. The predicted octanol–water partition coefficient (Wildman–Crippen LogP) is 3.21. The van der Waals surface area contributed by atoms with Crippen LogP contribution in [0.1, 0.15) is 79.1 Å². The molecule has 3 N–H and O–H groups in total. The number of ether oxygens (including phenoxy) is 3. The minimum absolute atomic E-state index is 0.00676. The summed E-state index contributed by atoms with van der Waals surface area (Å²) in [6.45, 7) is 8.52. The van der Waals surface area contributed by atoms with E-state index >= 15 is 0 Å². The molecule has 6 unspecified atom stereocenters. The van der Waals surface area contributed by atoms with Gasteiger partial charge in [-0.15, -0.1) is 0 Å². The summed E-state index contributed by atoms with van der Waals surface area (Å²) in [6, 6.07) is 0. The fraction of sp³-hybridized carbons (Fsp3) is 0.840. The van der Waals surface area contributed by atoms with E-state index in [2.05, 4.69) is 5.32 Å². The summed E-state index contributed by atoms with van der Waals surface area (Å²) in [7, 11) is 0. The standard InChI is InChI=1S/C25H40N2O5/c1-5-15(2)23(29)32-24(3,4)25(13-16-8-9-27-21(26)10-16)14-18-11-17-6-7-22(28)30-19(17)12-20(18)31-25/h5,16-21,27H,6-14,26H2,1-4H3/t16?,17?,18?,19?,20?,21?,25-/m1/s1. The van der Waals surface area contributed by atoms with Gasteiger partial charge in [-0.25, -0.2) is 4.79 Å². The van der Waals surface area contributed by atoms with E-state index in [1.165, 1.54) is 0 Å². The number of hydrogen-bond donors (Lipinski definition) is 2. The van der Waals surface area contributed by atoms with E-state index in [9.17, 15) is 9.59 Å². The van der Waals surface area contributed by atoms with Gasteiger partial charge in [0.15, 0.2) is 0 Å². The number of hydrogen-bond acceptors (Lipinski definition) is 7. The van der Waals surface area contributed by atoms with Crippen LogP contribution in [0.5, 0.6) is 0 Å². The predicted molar refractivity (Wildman–Crippen MR) is 120 cm³/mol. The lowest BCUT2D eigenvalue weighted by Crippen LogP contribution is -2.55. The molecule has 1 saturated carbocycles. The van der Waals surface area contributed by atoms with Gasteiger partial charge in [0.05, 0.1) is 12.3 Å². The van der Waals surface area contributed by atoms with E-state index in [1.54, 1.807) is 13.0 Å². The second-order valence-electron chi connectivity index (χ2n) is 10.9. The zero-order valence-corrected chi connectivity index (χ0v) is 20.0. The number of rotatable bonds is 5. The summed E-state index contributed by atoms with van der Waals surface area (Å²) in [4.78, 5) is 24.6. The zero-order valence-electron chi connectivity index (χ0n) is 20.0. The molecule has 0 amide bonds. The molecule has 4 rings (SSSR count). The summed E-state index contributed by atoms with van der Waals surface area (Å²) < 4.78 is 18.7. The van der Waals surface area contributed by atoms with Gasteiger partial charge in [-0.3, -0.25) is 4.79 Å². The van der Waals surface area contributed by atoms with E-state index in [-0.39, 0.29) is 30.3 Å². The van der Waals surface area contributed by atoms with Crippen molar-refractivity contribution >= 4 is 11.9 Å². The van der Waals surface area contributed by atoms with Gasteiger partial charge in [0.25, 0.3) is 0 Å². The molecular formula is C25H40N2O5. The fourth-order valence-corrected chi connectivity index (χ4v) is 6.38. The normalized spacial score (nSPS) is 40.3. The highest BCUT2D eigenvalue weighted by Crippen LogP contribution is 2.54. The largest absolute Gasteiger partial charge is 0.462 e. The molecule has 7 heteroatoms. The molecule has 4 fully saturated rings. The van der Waals surface area contributed by atoms with Crippen molar-refractivity contribution in [3.8, 4) is 0 Å². The first kappa shape index (κ1) is 23.7. The lowest BCUT2D eigenvalue weighted by molar-refractivity contribution is -0.206. The third-order valence-corrected chi connectivity index (χ3v) is 8.46. The van der Waals surface area contributed by atoms with Crippen LogP contribution in [-0.2, 0) is 23.8 Å². The number of carbonyl (C=O) groups is 2. The average Bonchev–Trinajstić information content (AvgIpc) is 3.09. The Labute approximate surface area is 191 Å². The third kappa shape index (κ3) is 4.62. The molecule has 180 valence electrons. The SMILES string of the molecule is CC=C(C)C(=O)OC(C)(C)[C@@]1(CC2CCNC(N)C2)CC2CC3CCC(=O)OC3CC2O1. The van der Waals surface area contributed by atoms with E-state index < -0.39 is 11.2 Å². The topological polar surface area (TPSA) is 99.9 Å². The molecule has 1 aliphatic carbocycles. The van der Waals surface area contributed by atoms with E-state index in [0.717, 1.165) is 51.5 Å². The Hall–Kier alpha value is -1.44. The van der Waals surface area contributed by atoms with E-state index in [1.807, 2.05) is 20.8 Å². The van der Waals surface area contributed by atoms with Crippen LogP contribution in [0.15, 0.2) is 11.6 Å². The Balaban J connectivity index is 1.58. The number of fused-ring (bicyclic) bond motifs is 2. The van der Waals surface area contributed by atoms with Gasteiger partial charge in [-0.2, -0.15) is 0 Å². The number of esters is 2. The van der Waals surface area contributed by atoms with Crippen molar-refractivity contribution < 1.29 is 23.8 Å². The highest BCUT2D eigenvalue weighted by molar-refractivity contribution is 5.88. The quantitative estimate of drug-likeness (QED) is 0.492. The first-order chi connectivity index (χ1) is 15.1. The van der Waals surface area contributed by atoms with Gasteiger partial charge in [0, 0.05) is 18.4 Å². The van der Waals surface area contributed by atoms with Crippen LogP contribution in [0.3, 0.4) is 0 Å². The van der Waals surface area contributed by atoms with Crippen molar-refractivity contribution in [3.05, 3.63) is 11.6 Å². The summed E-state index contributed by atoms with van der Waals surface area (Å²) in [5.41, 5.74) is 5.44. The number of allylic oxidation sites excluding steroid dienone is 1. The number of carbonyl (C=O) groups excluding carboxylic acids is 2. The maximum absolute atomic E-state index is 12.8. The molecule has 4 aliphatic rings. The highest BCUT2D eigenvalue weighted by Gasteiger charge is 2.60. The molecule has 3 aliphatic heterocycles. The zero-order chi connectivity index (χ0) is 23.1. The molecular weight excluding hydrogens is 408 g/mol. The van der Waals surface area contributed by atoms with Crippen LogP contribution < -0.4 is 11.1 Å². The third-order valence-electron chi connectivity index (χ3n) is 8.46. The number of nitrogens with one attached hydrogen (secondary N) is 1. The van der Waals surface area contributed by atoms with Gasteiger partial charge < -0.3 is 25.3 Å². The van der Waals surface area contributed by atoms with Gasteiger partial charge in [-0.05, 0) is 90.5 Å². The van der Waals surface area contributed by atoms with Gasteiger partial charge in [-0.1, -0.05) is 6.08 Å². The molecule has 0 aromatic heterocycles. The van der Waals surface area contributed by atoms with Crippen molar-refractivity contribution in [1.29, 1.82) is 0 Å². The van der Waals surface area contributed by atoms with Crippen LogP contribution >= 0.6 is 0 Å². The van der Waals surface area contributed by atoms with Crippen LogP contribution in [0.4, 0.5) is 0 Å². The van der Waals surface area contributed by atoms with Gasteiger partial charge >= 0.3 is 11.9 Å². The Kier molecular flexibility index (Phi) is 6.72. The lowest BCUT2D eigenvalue weighted by atomic mass is 9.69.